The maximum Gasteiger partial charge on any atom is 0.119 e. The molecule has 0 fully saturated rings. The Kier molecular flexibility index (Phi) is 5.00. The molecule has 19 heavy (non-hydrogen) atoms. The molecule has 0 radical (unpaired) electrons. The number of benzene rings is 1. The van der Waals surface area contributed by atoms with Crippen molar-refractivity contribution in [3.05, 3.63) is 40.1 Å². The lowest BCUT2D eigenvalue weighted by Gasteiger charge is -2.11. The van der Waals surface area contributed by atoms with Crippen molar-refractivity contribution in [3.8, 4) is 16.9 Å². The molecule has 0 saturated carbocycles. The molecule has 1 N–H and O–H groups in total. The molecular weight excluding hydrogens is 254 g/mol. The molecule has 0 atom stereocenters. The normalized spacial score (nSPS) is 10.7. The molecule has 3 heteroatoms. The fourth-order valence-corrected chi connectivity index (χ4v) is 2.81. The molecule has 0 spiro atoms. The number of ether oxygens (including phenoxy) is 1. The minimum Gasteiger partial charge on any atom is -0.497 e. The molecule has 0 bridgehead atoms. The molecule has 0 saturated heterocycles. The molecule has 102 valence electrons. The average Bonchev–Trinajstić information content (AvgIpc) is 2.85. The molecule has 1 aromatic heterocycles. The molecule has 1 aromatic carbocycles. The van der Waals surface area contributed by atoms with Crippen LogP contribution in [0.15, 0.2) is 29.6 Å². The first-order valence-corrected chi connectivity index (χ1v) is 7.55. The monoisotopic (exact) mass is 275 g/mol. The van der Waals surface area contributed by atoms with Gasteiger partial charge in [0.1, 0.15) is 5.75 Å². The van der Waals surface area contributed by atoms with Gasteiger partial charge in [0.25, 0.3) is 0 Å². The van der Waals surface area contributed by atoms with Crippen LogP contribution in [-0.4, -0.2) is 13.7 Å². The second-order valence-electron chi connectivity index (χ2n) is 4.65. The Morgan fingerprint density at radius 3 is 2.74 bits per heavy atom. The van der Waals surface area contributed by atoms with Gasteiger partial charge < -0.3 is 10.1 Å². The number of rotatable bonds is 6. The van der Waals surface area contributed by atoms with Crippen LogP contribution in [0.1, 0.15) is 23.8 Å². The molecule has 0 amide bonds. The summed E-state index contributed by atoms with van der Waals surface area (Å²) in [5.41, 5.74) is 3.90. The fraction of sp³-hybridized carbons (Fsp3) is 0.375. The predicted octanol–water partition coefficient (Wildman–Crippen LogP) is 4.23. The van der Waals surface area contributed by atoms with E-state index < -0.39 is 0 Å². The largest absolute Gasteiger partial charge is 0.497 e. The van der Waals surface area contributed by atoms with Gasteiger partial charge in [-0.15, -0.1) is 11.3 Å². The van der Waals surface area contributed by atoms with E-state index in [4.69, 9.17) is 4.74 Å². The lowest BCUT2D eigenvalue weighted by molar-refractivity contribution is 0.414. The standard InChI is InChI=1S/C16H21NOS/c1-4-7-17-10-13-9-15(18-3)5-6-16(13)14-8-12(2)19-11-14/h5-6,8-9,11,17H,4,7,10H2,1-3H3. The Labute approximate surface area is 119 Å². The highest BCUT2D eigenvalue weighted by Crippen LogP contribution is 2.30. The van der Waals surface area contributed by atoms with Gasteiger partial charge in [-0.25, -0.2) is 0 Å². The smallest absolute Gasteiger partial charge is 0.119 e. The average molecular weight is 275 g/mol. The first-order valence-electron chi connectivity index (χ1n) is 6.67. The van der Waals surface area contributed by atoms with Gasteiger partial charge >= 0.3 is 0 Å². The zero-order valence-electron chi connectivity index (χ0n) is 11.8. The van der Waals surface area contributed by atoms with E-state index >= 15 is 0 Å². The zero-order chi connectivity index (χ0) is 13.7. The topological polar surface area (TPSA) is 21.3 Å². The zero-order valence-corrected chi connectivity index (χ0v) is 12.6. The minimum atomic E-state index is 0.884. The van der Waals surface area contributed by atoms with E-state index in [9.17, 15) is 0 Å². The van der Waals surface area contributed by atoms with Crippen molar-refractivity contribution < 1.29 is 4.74 Å². The van der Waals surface area contributed by atoms with Gasteiger partial charge in [0.2, 0.25) is 0 Å². The van der Waals surface area contributed by atoms with E-state index in [0.717, 1.165) is 25.3 Å². The third-order valence-corrected chi connectivity index (χ3v) is 3.96. The number of methoxy groups -OCH3 is 1. The van der Waals surface area contributed by atoms with Crippen molar-refractivity contribution >= 4 is 11.3 Å². The van der Waals surface area contributed by atoms with Crippen LogP contribution in [0, 0.1) is 6.92 Å². The second kappa shape index (κ2) is 6.73. The molecule has 1 heterocycles. The SMILES string of the molecule is CCCNCc1cc(OC)ccc1-c1csc(C)c1. The Bertz CT molecular complexity index is 533. The van der Waals surface area contributed by atoms with E-state index in [1.807, 2.05) is 6.07 Å². The maximum absolute atomic E-state index is 5.33. The predicted molar refractivity (Wildman–Crippen MR) is 83.0 cm³/mol. The Hall–Kier alpha value is -1.32. The number of aryl methyl sites for hydroxylation is 1. The van der Waals surface area contributed by atoms with Crippen LogP contribution in [0.5, 0.6) is 5.75 Å². The van der Waals surface area contributed by atoms with Crippen LogP contribution in [0.2, 0.25) is 0 Å². The lowest BCUT2D eigenvalue weighted by Crippen LogP contribution is -2.14. The van der Waals surface area contributed by atoms with E-state index in [1.54, 1.807) is 18.4 Å². The maximum atomic E-state index is 5.33. The van der Waals surface area contributed by atoms with Crippen LogP contribution in [-0.2, 0) is 6.54 Å². The number of hydrogen-bond donors (Lipinski definition) is 1. The van der Waals surface area contributed by atoms with Crippen molar-refractivity contribution in [2.24, 2.45) is 0 Å². The molecule has 0 aliphatic carbocycles. The van der Waals surface area contributed by atoms with Crippen molar-refractivity contribution in [2.45, 2.75) is 26.8 Å². The van der Waals surface area contributed by atoms with Gasteiger partial charge in [-0.3, -0.25) is 0 Å². The van der Waals surface area contributed by atoms with Crippen LogP contribution in [0.25, 0.3) is 11.1 Å². The molecule has 0 aliphatic rings. The first-order chi connectivity index (χ1) is 9.24. The summed E-state index contributed by atoms with van der Waals surface area (Å²) >= 11 is 1.79. The van der Waals surface area contributed by atoms with Gasteiger partial charge in [0.15, 0.2) is 0 Å². The quantitative estimate of drug-likeness (QED) is 0.797. The Balaban J connectivity index is 2.30. The van der Waals surface area contributed by atoms with Gasteiger partial charge in [-0.05, 0) is 60.2 Å². The summed E-state index contributed by atoms with van der Waals surface area (Å²) in [7, 11) is 1.72. The molecule has 2 aromatic rings. The van der Waals surface area contributed by atoms with Gasteiger partial charge in [0.05, 0.1) is 7.11 Å². The van der Waals surface area contributed by atoms with Crippen molar-refractivity contribution in [1.82, 2.24) is 5.32 Å². The molecular formula is C16H21NOS. The fourth-order valence-electron chi connectivity index (χ4n) is 2.11. The number of thiophene rings is 1. The van der Waals surface area contributed by atoms with E-state index in [0.29, 0.717) is 0 Å². The van der Waals surface area contributed by atoms with Gasteiger partial charge in [0, 0.05) is 11.4 Å². The summed E-state index contributed by atoms with van der Waals surface area (Å²) in [5.74, 6) is 0.920. The molecule has 0 unspecified atom stereocenters. The van der Waals surface area contributed by atoms with Crippen LogP contribution < -0.4 is 10.1 Å². The Morgan fingerprint density at radius 1 is 1.26 bits per heavy atom. The van der Waals surface area contributed by atoms with Gasteiger partial charge in [-0.2, -0.15) is 0 Å². The minimum absolute atomic E-state index is 0.884. The van der Waals surface area contributed by atoms with E-state index in [1.165, 1.54) is 21.6 Å². The van der Waals surface area contributed by atoms with E-state index in [-0.39, 0.29) is 0 Å². The lowest BCUT2D eigenvalue weighted by atomic mass is 10.0. The highest BCUT2D eigenvalue weighted by molar-refractivity contribution is 7.10. The van der Waals surface area contributed by atoms with Crippen molar-refractivity contribution in [2.75, 3.05) is 13.7 Å². The molecule has 2 nitrogen and oxygen atoms in total. The second-order valence-corrected chi connectivity index (χ2v) is 5.76. The van der Waals surface area contributed by atoms with Crippen LogP contribution >= 0.6 is 11.3 Å². The molecule has 0 aliphatic heterocycles. The highest BCUT2D eigenvalue weighted by atomic mass is 32.1. The third-order valence-electron chi connectivity index (χ3n) is 3.10. The highest BCUT2D eigenvalue weighted by Gasteiger charge is 2.08. The van der Waals surface area contributed by atoms with Crippen molar-refractivity contribution in [1.29, 1.82) is 0 Å². The van der Waals surface area contributed by atoms with Crippen LogP contribution in [0.3, 0.4) is 0 Å². The summed E-state index contributed by atoms with van der Waals surface area (Å²) in [6.45, 7) is 6.25. The summed E-state index contributed by atoms with van der Waals surface area (Å²) < 4.78 is 5.33. The summed E-state index contributed by atoms with van der Waals surface area (Å²) in [6.07, 6.45) is 1.15. The number of hydrogen-bond acceptors (Lipinski definition) is 3. The summed E-state index contributed by atoms with van der Waals surface area (Å²) in [6, 6.07) is 8.57. The van der Waals surface area contributed by atoms with Gasteiger partial charge in [-0.1, -0.05) is 13.0 Å². The third kappa shape index (κ3) is 3.58. The van der Waals surface area contributed by atoms with Crippen LogP contribution in [0.4, 0.5) is 0 Å². The summed E-state index contributed by atoms with van der Waals surface area (Å²) in [5, 5.41) is 5.69. The number of nitrogens with one attached hydrogen (secondary N) is 1. The first kappa shape index (κ1) is 14.1. The molecule has 2 rings (SSSR count). The Morgan fingerprint density at radius 2 is 2.11 bits per heavy atom. The van der Waals surface area contributed by atoms with E-state index in [2.05, 4.69) is 42.7 Å². The van der Waals surface area contributed by atoms with Crippen molar-refractivity contribution in [3.63, 3.8) is 0 Å². The summed E-state index contributed by atoms with van der Waals surface area (Å²) in [4.78, 5) is 1.35.